The van der Waals surface area contributed by atoms with Gasteiger partial charge in [0.05, 0.1) is 29.8 Å². The number of nitrogens with zero attached hydrogens (tertiary/aromatic N) is 6. The molecule has 0 saturated carbocycles. The number of morpholine rings is 1. The van der Waals surface area contributed by atoms with Gasteiger partial charge in [0.25, 0.3) is 12.3 Å². The van der Waals surface area contributed by atoms with Crippen molar-refractivity contribution in [3.63, 3.8) is 0 Å². The van der Waals surface area contributed by atoms with Gasteiger partial charge in [0, 0.05) is 38.3 Å². The molecule has 2 aliphatic rings. The first kappa shape index (κ1) is 25.1. The van der Waals surface area contributed by atoms with Crippen molar-refractivity contribution in [3.8, 4) is 5.82 Å². The molecule has 0 bridgehead atoms. The number of carbonyl (C=O) groups is 1. The van der Waals surface area contributed by atoms with Crippen LogP contribution >= 0.6 is 0 Å². The van der Waals surface area contributed by atoms with Gasteiger partial charge in [-0.2, -0.15) is 9.97 Å². The zero-order chi connectivity index (χ0) is 26.9. The number of benzene rings is 2. The summed E-state index contributed by atoms with van der Waals surface area (Å²) in [7, 11) is 0. The number of carbonyl (C=O) groups excluding carboxylic acids is 1. The highest BCUT2D eigenvalue weighted by molar-refractivity contribution is 5.94. The minimum Gasteiger partial charge on any atom is -0.378 e. The number of imidazole rings is 1. The summed E-state index contributed by atoms with van der Waals surface area (Å²) in [5.41, 5.74) is 0.970. The van der Waals surface area contributed by atoms with Crippen LogP contribution in [0.4, 0.5) is 24.9 Å². The fourth-order valence-electron chi connectivity index (χ4n) is 5.04. The number of ether oxygens (including phenoxy) is 1. The van der Waals surface area contributed by atoms with Gasteiger partial charge in [0.15, 0.2) is 5.82 Å². The molecule has 1 N–H and O–H groups in total. The second kappa shape index (κ2) is 10.5. The predicted octanol–water partition coefficient (Wildman–Crippen LogP) is 4.06. The van der Waals surface area contributed by atoms with E-state index in [2.05, 4.69) is 15.3 Å². The molecule has 1 amide bonds. The first-order valence-corrected chi connectivity index (χ1v) is 12.8. The van der Waals surface area contributed by atoms with Gasteiger partial charge in [-0.3, -0.25) is 9.36 Å². The topological polar surface area (TPSA) is 88.4 Å². The number of hydrogen-bond donors (Lipinski definition) is 1. The van der Waals surface area contributed by atoms with E-state index in [0.29, 0.717) is 62.7 Å². The van der Waals surface area contributed by atoms with Crippen LogP contribution in [0.25, 0.3) is 16.9 Å². The van der Waals surface area contributed by atoms with Crippen molar-refractivity contribution in [1.82, 2.24) is 24.4 Å². The van der Waals surface area contributed by atoms with Gasteiger partial charge in [0.1, 0.15) is 17.5 Å². The molecule has 202 valence electrons. The van der Waals surface area contributed by atoms with Gasteiger partial charge in [-0.15, -0.1) is 0 Å². The molecule has 2 aliphatic heterocycles. The normalized spacial score (nSPS) is 17.8. The third-order valence-electron chi connectivity index (χ3n) is 6.96. The van der Waals surface area contributed by atoms with Gasteiger partial charge in [-0.1, -0.05) is 24.3 Å². The molecule has 2 fully saturated rings. The van der Waals surface area contributed by atoms with E-state index in [1.165, 1.54) is 16.7 Å². The highest BCUT2D eigenvalue weighted by atomic mass is 19.3. The number of anilines is 2. The third kappa shape index (κ3) is 4.99. The van der Waals surface area contributed by atoms with Crippen molar-refractivity contribution in [3.05, 3.63) is 71.8 Å². The molecule has 0 aliphatic carbocycles. The molecule has 39 heavy (non-hydrogen) atoms. The Balaban J connectivity index is 1.33. The van der Waals surface area contributed by atoms with Crippen molar-refractivity contribution in [2.24, 2.45) is 0 Å². The first-order chi connectivity index (χ1) is 19.0. The number of alkyl halides is 2. The lowest BCUT2D eigenvalue weighted by molar-refractivity contribution is 0.0787. The molecule has 6 rings (SSSR count). The van der Waals surface area contributed by atoms with Crippen LogP contribution in [0.15, 0.2) is 54.6 Å². The molecule has 1 atom stereocenters. The summed E-state index contributed by atoms with van der Waals surface area (Å²) >= 11 is 0. The Morgan fingerprint density at radius 3 is 2.51 bits per heavy atom. The number of hydrogen-bond acceptors (Lipinski definition) is 7. The summed E-state index contributed by atoms with van der Waals surface area (Å²) in [6.45, 7) is 2.99. The second-order valence-corrected chi connectivity index (χ2v) is 9.46. The van der Waals surface area contributed by atoms with Crippen molar-refractivity contribution >= 4 is 28.7 Å². The molecule has 2 aromatic carbocycles. The van der Waals surface area contributed by atoms with E-state index in [1.54, 1.807) is 47.4 Å². The predicted molar refractivity (Wildman–Crippen MR) is 139 cm³/mol. The molecular formula is C27H26F3N7O2. The van der Waals surface area contributed by atoms with Crippen LogP contribution < -0.4 is 10.2 Å². The summed E-state index contributed by atoms with van der Waals surface area (Å²) in [6.07, 6.45) is -2.22. The van der Waals surface area contributed by atoms with Crippen LogP contribution in [0.3, 0.4) is 0 Å². The molecule has 4 aromatic rings. The van der Waals surface area contributed by atoms with Crippen LogP contribution in [0.2, 0.25) is 0 Å². The Morgan fingerprint density at radius 2 is 1.72 bits per heavy atom. The van der Waals surface area contributed by atoms with Gasteiger partial charge in [-0.25, -0.2) is 18.2 Å². The Hall–Kier alpha value is -4.19. The molecule has 12 heteroatoms. The van der Waals surface area contributed by atoms with E-state index < -0.39 is 18.1 Å². The number of likely N-dealkylation sites (tertiary alicyclic amines) is 1. The number of halogens is 3. The Morgan fingerprint density at radius 1 is 0.974 bits per heavy atom. The Bertz CT molecular complexity index is 1510. The zero-order valence-corrected chi connectivity index (χ0v) is 20.9. The lowest BCUT2D eigenvalue weighted by Crippen LogP contribution is -2.37. The summed E-state index contributed by atoms with van der Waals surface area (Å²) < 4.78 is 49.2. The fraction of sp³-hybridized carbons (Fsp3) is 0.333. The number of rotatable bonds is 6. The van der Waals surface area contributed by atoms with Crippen molar-refractivity contribution in [1.29, 1.82) is 0 Å². The van der Waals surface area contributed by atoms with Crippen LogP contribution in [0.1, 0.15) is 29.0 Å². The quantitative estimate of drug-likeness (QED) is 0.397. The van der Waals surface area contributed by atoms with E-state index >= 15 is 0 Å². The molecule has 9 nitrogen and oxygen atoms in total. The maximum atomic E-state index is 14.2. The fourth-order valence-corrected chi connectivity index (χ4v) is 5.04. The van der Waals surface area contributed by atoms with Crippen molar-refractivity contribution < 1.29 is 22.7 Å². The monoisotopic (exact) mass is 537 g/mol. The van der Waals surface area contributed by atoms with Gasteiger partial charge >= 0.3 is 0 Å². The van der Waals surface area contributed by atoms with Crippen molar-refractivity contribution in [2.75, 3.05) is 49.6 Å². The maximum absolute atomic E-state index is 14.2. The molecule has 2 aromatic heterocycles. The smallest absolute Gasteiger partial charge is 0.296 e. The lowest BCUT2D eigenvalue weighted by Gasteiger charge is -2.28. The van der Waals surface area contributed by atoms with Gasteiger partial charge in [-0.05, 0) is 30.7 Å². The summed E-state index contributed by atoms with van der Waals surface area (Å²) in [5, 5.41) is 3.28. The Kier molecular flexibility index (Phi) is 6.77. The first-order valence-electron chi connectivity index (χ1n) is 12.8. The minimum absolute atomic E-state index is 0.0255. The highest BCUT2D eigenvalue weighted by Crippen LogP contribution is 2.29. The molecule has 0 spiro atoms. The largest absolute Gasteiger partial charge is 0.378 e. The van der Waals surface area contributed by atoms with E-state index in [9.17, 15) is 18.0 Å². The summed E-state index contributed by atoms with van der Waals surface area (Å²) in [4.78, 5) is 29.9. The summed E-state index contributed by atoms with van der Waals surface area (Å²) in [6, 6.07) is 14.3. The van der Waals surface area contributed by atoms with Crippen molar-refractivity contribution in [2.45, 2.75) is 18.9 Å². The number of para-hydroxylation sites is 2. The molecule has 0 radical (unpaired) electrons. The molecule has 2 saturated heterocycles. The lowest BCUT2D eigenvalue weighted by atomic mass is 10.2. The van der Waals surface area contributed by atoms with E-state index in [0.717, 1.165) is 0 Å². The average molecular weight is 538 g/mol. The third-order valence-corrected chi connectivity index (χ3v) is 6.96. The second-order valence-electron chi connectivity index (χ2n) is 9.46. The maximum Gasteiger partial charge on any atom is 0.296 e. The van der Waals surface area contributed by atoms with Gasteiger partial charge < -0.3 is 19.9 Å². The molecule has 0 unspecified atom stereocenters. The van der Waals surface area contributed by atoms with E-state index in [4.69, 9.17) is 9.72 Å². The summed E-state index contributed by atoms with van der Waals surface area (Å²) in [5.74, 6) is -0.273. The van der Waals surface area contributed by atoms with Crippen LogP contribution in [-0.4, -0.2) is 75.8 Å². The number of fused-ring (bicyclic) bond motifs is 1. The van der Waals surface area contributed by atoms with E-state index in [1.807, 2.05) is 4.90 Å². The molecule has 4 heterocycles. The Labute approximate surface area is 222 Å². The zero-order valence-electron chi connectivity index (χ0n) is 20.9. The average Bonchev–Trinajstić information content (AvgIpc) is 3.58. The SMILES string of the molecule is O=C(c1ccccc1F)N1CC[C@H](Nc2nc(N3CCOCC3)cc(-n3c(C(F)F)nc4ccccc43)n2)C1. The molecular weight excluding hydrogens is 511 g/mol. The number of amides is 1. The minimum atomic E-state index is -2.82. The van der Waals surface area contributed by atoms with Crippen LogP contribution in [0, 0.1) is 5.82 Å². The van der Waals surface area contributed by atoms with Crippen LogP contribution in [0.5, 0.6) is 0 Å². The number of nitrogens with one attached hydrogen (secondary N) is 1. The number of aromatic nitrogens is 4. The standard InChI is InChI=1S/C27H26F3N7O2/c28-19-6-2-1-5-18(19)26(38)36-10-9-17(16-36)31-27-33-22(35-11-13-39-14-12-35)15-23(34-27)37-21-8-4-3-7-20(21)32-25(37)24(29)30/h1-8,15,17,24H,9-14,16H2,(H,31,33,34)/t17-/m0/s1. The van der Waals surface area contributed by atoms with E-state index in [-0.39, 0.29) is 29.3 Å². The van der Waals surface area contributed by atoms with Gasteiger partial charge in [0.2, 0.25) is 5.95 Å². The van der Waals surface area contributed by atoms with Crippen LogP contribution in [-0.2, 0) is 4.74 Å². The highest BCUT2D eigenvalue weighted by Gasteiger charge is 2.30.